The van der Waals surface area contributed by atoms with Crippen LogP contribution in [0.2, 0.25) is 0 Å². The van der Waals surface area contributed by atoms with Crippen LogP contribution in [0.5, 0.6) is 0 Å². The smallest absolute Gasteiger partial charge is 0.349 e. The lowest BCUT2D eigenvalue weighted by molar-refractivity contribution is 0.0781. The standard InChI is InChI=1S/C14H9BrO3/c15-18-14(17)12-8-6-11(7-9-12)13(16)10-4-2-1-3-5-10/h1-9H. The van der Waals surface area contributed by atoms with Crippen LogP contribution in [0, 0.1) is 0 Å². The molecule has 0 amide bonds. The third-order valence-corrected chi connectivity index (χ3v) is 2.78. The molecule has 0 spiro atoms. The molecule has 18 heavy (non-hydrogen) atoms. The zero-order chi connectivity index (χ0) is 13.0. The highest BCUT2D eigenvalue weighted by Gasteiger charge is 2.10. The average molecular weight is 305 g/mol. The molecule has 2 aromatic rings. The summed E-state index contributed by atoms with van der Waals surface area (Å²) < 4.78 is 4.41. The Labute approximate surface area is 113 Å². The molecular formula is C14H9BrO3. The van der Waals surface area contributed by atoms with E-state index < -0.39 is 5.97 Å². The lowest BCUT2D eigenvalue weighted by Crippen LogP contribution is -2.03. The first-order valence-corrected chi connectivity index (χ1v) is 5.90. The Morgan fingerprint density at radius 3 is 1.83 bits per heavy atom. The van der Waals surface area contributed by atoms with Crippen molar-refractivity contribution in [2.45, 2.75) is 0 Å². The second-order valence-corrected chi connectivity index (χ2v) is 3.96. The van der Waals surface area contributed by atoms with Gasteiger partial charge in [-0.15, -0.1) is 0 Å². The molecule has 2 aromatic carbocycles. The van der Waals surface area contributed by atoms with Gasteiger partial charge in [0.05, 0.1) is 5.56 Å². The van der Waals surface area contributed by atoms with Crippen LogP contribution in [0.1, 0.15) is 26.3 Å². The SMILES string of the molecule is O=C(OBr)c1ccc(C(=O)c2ccccc2)cc1. The van der Waals surface area contributed by atoms with Crippen molar-refractivity contribution in [1.29, 1.82) is 0 Å². The van der Waals surface area contributed by atoms with E-state index >= 15 is 0 Å². The van der Waals surface area contributed by atoms with E-state index in [0.29, 0.717) is 16.7 Å². The van der Waals surface area contributed by atoms with E-state index in [1.165, 1.54) is 0 Å². The molecule has 0 aliphatic carbocycles. The van der Waals surface area contributed by atoms with Gasteiger partial charge in [0.1, 0.15) is 0 Å². The predicted octanol–water partition coefficient (Wildman–Crippen LogP) is 3.38. The van der Waals surface area contributed by atoms with Crippen LogP contribution in [0.25, 0.3) is 0 Å². The van der Waals surface area contributed by atoms with Gasteiger partial charge in [-0.1, -0.05) is 42.5 Å². The maximum atomic E-state index is 12.1. The Kier molecular flexibility index (Phi) is 3.89. The third kappa shape index (κ3) is 2.65. The van der Waals surface area contributed by atoms with E-state index in [9.17, 15) is 9.59 Å². The van der Waals surface area contributed by atoms with E-state index in [2.05, 4.69) is 20.1 Å². The van der Waals surface area contributed by atoms with Crippen LogP contribution in [0.3, 0.4) is 0 Å². The quantitative estimate of drug-likeness (QED) is 0.816. The molecule has 3 nitrogen and oxygen atoms in total. The first-order chi connectivity index (χ1) is 8.72. The van der Waals surface area contributed by atoms with E-state index in [-0.39, 0.29) is 5.78 Å². The molecule has 0 aromatic heterocycles. The molecule has 0 atom stereocenters. The summed E-state index contributed by atoms with van der Waals surface area (Å²) in [7, 11) is 0. The van der Waals surface area contributed by atoms with Crippen LogP contribution in [-0.2, 0) is 3.83 Å². The molecule has 0 bridgehead atoms. The summed E-state index contributed by atoms with van der Waals surface area (Å²) in [6.07, 6.45) is 0. The van der Waals surface area contributed by atoms with Gasteiger partial charge in [0, 0.05) is 11.1 Å². The van der Waals surface area contributed by atoms with Crippen molar-refractivity contribution in [1.82, 2.24) is 0 Å². The molecule has 90 valence electrons. The first kappa shape index (κ1) is 12.5. The van der Waals surface area contributed by atoms with E-state index in [4.69, 9.17) is 0 Å². The maximum Gasteiger partial charge on any atom is 0.349 e. The lowest BCUT2D eigenvalue weighted by Gasteiger charge is -2.02. The molecule has 0 aliphatic rings. The Balaban J connectivity index is 2.25. The minimum atomic E-state index is -0.492. The Bertz CT molecular complexity index is 561. The number of halogens is 1. The summed E-state index contributed by atoms with van der Waals surface area (Å²) >= 11 is 2.62. The number of carbonyl (C=O) groups excluding carboxylic acids is 2. The Hall–Kier alpha value is -1.94. The highest BCUT2D eigenvalue weighted by molar-refractivity contribution is 9.06. The number of hydrogen-bond donors (Lipinski definition) is 0. The number of benzene rings is 2. The van der Waals surface area contributed by atoms with Crippen molar-refractivity contribution in [3.63, 3.8) is 0 Å². The molecule has 0 saturated heterocycles. The van der Waals surface area contributed by atoms with Gasteiger partial charge in [-0.05, 0) is 12.1 Å². The van der Waals surface area contributed by atoms with Gasteiger partial charge in [0.15, 0.2) is 22.0 Å². The fraction of sp³-hybridized carbons (Fsp3) is 0. The minimum absolute atomic E-state index is 0.0747. The molecule has 2 rings (SSSR count). The highest BCUT2D eigenvalue weighted by atomic mass is 79.9. The molecule has 0 fully saturated rings. The normalized spacial score (nSPS) is 9.83. The minimum Gasteiger partial charge on any atom is -0.380 e. The second-order valence-electron chi connectivity index (χ2n) is 3.64. The summed E-state index contributed by atoms with van der Waals surface area (Å²) in [6, 6.07) is 15.3. The van der Waals surface area contributed by atoms with E-state index in [0.717, 1.165) is 0 Å². The van der Waals surface area contributed by atoms with Gasteiger partial charge in [0.25, 0.3) is 0 Å². The topological polar surface area (TPSA) is 43.4 Å². The Morgan fingerprint density at radius 2 is 1.28 bits per heavy atom. The fourth-order valence-corrected chi connectivity index (χ4v) is 1.75. The summed E-state index contributed by atoms with van der Waals surface area (Å²) in [5.74, 6) is -0.567. The van der Waals surface area contributed by atoms with Crippen LogP contribution >= 0.6 is 16.3 Å². The van der Waals surface area contributed by atoms with Crippen molar-refractivity contribution < 1.29 is 13.4 Å². The van der Waals surface area contributed by atoms with Crippen molar-refractivity contribution in [3.05, 3.63) is 71.3 Å². The summed E-state index contributed by atoms with van der Waals surface area (Å²) in [5.41, 5.74) is 1.54. The molecule has 4 heteroatoms. The maximum absolute atomic E-state index is 12.1. The number of rotatable bonds is 3. The van der Waals surface area contributed by atoms with Crippen molar-refractivity contribution in [2.24, 2.45) is 0 Å². The lowest BCUT2D eigenvalue weighted by atomic mass is 10.0. The number of ketones is 1. The van der Waals surface area contributed by atoms with Crippen LogP contribution in [0.15, 0.2) is 54.6 Å². The third-order valence-electron chi connectivity index (χ3n) is 2.49. The van der Waals surface area contributed by atoms with Crippen molar-refractivity contribution in [2.75, 3.05) is 0 Å². The molecule has 0 radical (unpaired) electrons. The molecule has 0 N–H and O–H groups in total. The van der Waals surface area contributed by atoms with Crippen LogP contribution in [0.4, 0.5) is 0 Å². The summed E-state index contributed by atoms with van der Waals surface area (Å²) in [6.45, 7) is 0. The predicted molar refractivity (Wildman–Crippen MR) is 70.7 cm³/mol. The van der Waals surface area contributed by atoms with Gasteiger partial charge in [-0.25, -0.2) is 4.79 Å². The van der Waals surface area contributed by atoms with Gasteiger partial charge in [0.2, 0.25) is 0 Å². The van der Waals surface area contributed by atoms with Crippen LogP contribution < -0.4 is 0 Å². The van der Waals surface area contributed by atoms with Crippen molar-refractivity contribution >= 4 is 28.0 Å². The molecular weight excluding hydrogens is 296 g/mol. The van der Waals surface area contributed by atoms with Gasteiger partial charge in [-0.3, -0.25) is 4.79 Å². The highest BCUT2D eigenvalue weighted by Crippen LogP contribution is 2.12. The van der Waals surface area contributed by atoms with Crippen molar-refractivity contribution in [3.8, 4) is 0 Å². The number of carbonyl (C=O) groups is 2. The molecule has 0 saturated carbocycles. The molecule has 0 unspecified atom stereocenters. The number of hydrogen-bond acceptors (Lipinski definition) is 3. The zero-order valence-corrected chi connectivity index (χ0v) is 10.9. The summed E-state index contributed by atoms with van der Waals surface area (Å²) in [4.78, 5) is 23.3. The second kappa shape index (κ2) is 5.60. The van der Waals surface area contributed by atoms with Crippen LogP contribution in [-0.4, -0.2) is 11.8 Å². The van der Waals surface area contributed by atoms with E-state index in [1.54, 1.807) is 36.4 Å². The monoisotopic (exact) mass is 304 g/mol. The Morgan fingerprint density at radius 1 is 0.778 bits per heavy atom. The fourth-order valence-electron chi connectivity index (χ4n) is 1.56. The van der Waals surface area contributed by atoms with Gasteiger partial charge in [-0.2, -0.15) is 0 Å². The molecule has 0 heterocycles. The van der Waals surface area contributed by atoms with Gasteiger partial charge >= 0.3 is 5.97 Å². The zero-order valence-electron chi connectivity index (χ0n) is 9.30. The summed E-state index contributed by atoms with van der Waals surface area (Å²) in [5, 5.41) is 0. The van der Waals surface area contributed by atoms with Gasteiger partial charge < -0.3 is 3.83 Å². The van der Waals surface area contributed by atoms with E-state index in [1.807, 2.05) is 18.2 Å². The molecule has 0 aliphatic heterocycles. The first-order valence-electron chi connectivity index (χ1n) is 5.25. The average Bonchev–Trinajstić information content (AvgIpc) is 2.47. The largest absolute Gasteiger partial charge is 0.380 e.